The third-order valence-corrected chi connectivity index (χ3v) is 5.35. The van der Waals surface area contributed by atoms with Crippen LogP contribution in [-0.4, -0.2) is 49.0 Å². The summed E-state index contributed by atoms with van der Waals surface area (Å²) < 4.78 is 5.70. The highest BCUT2D eigenvalue weighted by Gasteiger charge is 2.23. The van der Waals surface area contributed by atoms with E-state index in [9.17, 15) is 9.59 Å². The number of anilines is 2. The van der Waals surface area contributed by atoms with E-state index >= 15 is 0 Å². The molecule has 0 radical (unpaired) electrons. The third kappa shape index (κ3) is 6.14. The molecule has 7 heteroatoms. The molecule has 2 aromatic carbocycles. The number of halogens is 1. The fraction of sp³-hybridized carbons (Fsp3) is 0.417. The molecule has 1 N–H and O–H groups in total. The predicted molar refractivity (Wildman–Crippen MR) is 125 cm³/mol. The highest BCUT2D eigenvalue weighted by Crippen LogP contribution is 2.31. The fourth-order valence-electron chi connectivity index (χ4n) is 3.63. The molecule has 0 atom stereocenters. The summed E-state index contributed by atoms with van der Waals surface area (Å²) in [5.41, 5.74) is 2.06. The molecule has 0 bridgehead atoms. The lowest BCUT2D eigenvalue weighted by Gasteiger charge is -2.37. The van der Waals surface area contributed by atoms with Gasteiger partial charge in [0.05, 0.1) is 17.5 Å². The summed E-state index contributed by atoms with van der Waals surface area (Å²) >= 11 is 6.22. The molecule has 2 aromatic rings. The van der Waals surface area contributed by atoms with Crippen molar-refractivity contribution >= 4 is 34.8 Å². The number of carbonyl (C=O) groups excluding carboxylic acids is 2. The minimum atomic E-state index is -0.227. The van der Waals surface area contributed by atoms with Crippen molar-refractivity contribution in [3.63, 3.8) is 0 Å². The third-order valence-electron chi connectivity index (χ3n) is 5.11. The number of carbonyl (C=O) groups is 2. The highest BCUT2D eigenvalue weighted by molar-refractivity contribution is 6.31. The SMILES string of the molecule is CCCC(=O)N1CCN(c2ccc(Cl)cc2NC(=O)c2cccc(OC(C)C)c2)CC1. The van der Waals surface area contributed by atoms with Crippen molar-refractivity contribution in [3.8, 4) is 5.75 Å². The molecular weight excluding hydrogens is 414 g/mol. The second kappa shape index (κ2) is 10.5. The quantitative estimate of drug-likeness (QED) is 0.665. The average Bonchev–Trinajstić information content (AvgIpc) is 2.74. The maximum Gasteiger partial charge on any atom is 0.255 e. The van der Waals surface area contributed by atoms with E-state index < -0.39 is 0 Å². The first kappa shape index (κ1) is 22.9. The molecule has 1 fully saturated rings. The molecule has 166 valence electrons. The van der Waals surface area contributed by atoms with E-state index in [0.717, 1.165) is 12.1 Å². The van der Waals surface area contributed by atoms with Gasteiger partial charge in [-0.15, -0.1) is 0 Å². The Morgan fingerprint density at radius 1 is 1.10 bits per heavy atom. The van der Waals surface area contributed by atoms with Crippen LogP contribution in [0.5, 0.6) is 5.75 Å². The summed E-state index contributed by atoms with van der Waals surface area (Å²) in [6.07, 6.45) is 1.47. The second-order valence-corrected chi connectivity index (χ2v) is 8.36. The van der Waals surface area contributed by atoms with Gasteiger partial charge in [0.1, 0.15) is 5.75 Å². The molecular formula is C24H30ClN3O3. The van der Waals surface area contributed by atoms with Crippen molar-refractivity contribution in [1.82, 2.24) is 4.90 Å². The van der Waals surface area contributed by atoms with E-state index in [4.69, 9.17) is 16.3 Å². The first-order valence-corrected chi connectivity index (χ1v) is 11.2. The van der Waals surface area contributed by atoms with Gasteiger partial charge in [-0.05, 0) is 56.7 Å². The van der Waals surface area contributed by atoms with Gasteiger partial charge in [-0.3, -0.25) is 9.59 Å². The van der Waals surface area contributed by atoms with Gasteiger partial charge in [-0.1, -0.05) is 24.6 Å². The summed E-state index contributed by atoms with van der Waals surface area (Å²) in [6, 6.07) is 12.6. The topological polar surface area (TPSA) is 61.9 Å². The van der Waals surface area contributed by atoms with E-state index in [1.165, 1.54) is 0 Å². The van der Waals surface area contributed by atoms with Crippen molar-refractivity contribution in [2.24, 2.45) is 0 Å². The number of nitrogens with one attached hydrogen (secondary N) is 1. The van der Waals surface area contributed by atoms with Gasteiger partial charge >= 0.3 is 0 Å². The number of hydrogen-bond donors (Lipinski definition) is 1. The van der Waals surface area contributed by atoms with E-state index in [1.807, 2.05) is 43.9 Å². The first-order valence-electron chi connectivity index (χ1n) is 10.8. The van der Waals surface area contributed by atoms with Crippen LogP contribution in [0.15, 0.2) is 42.5 Å². The Bertz CT molecular complexity index is 924. The predicted octanol–water partition coefficient (Wildman–Crippen LogP) is 4.83. The minimum absolute atomic E-state index is 0.0284. The number of rotatable bonds is 7. The standard InChI is InChI=1S/C24H30ClN3O3/c1-4-6-23(29)28-13-11-27(12-14-28)22-10-9-19(25)16-21(22)26-24(30)18-7-5-8-20(15-18)31-17(2)3/h5,7-10,15-17H,4,6,11-14H2,1-3H3,(H,26,30). The molecule has 31 heavy (non-hydrogen) atoms. The van der Waals surface area contributed by atoms with Crippen LogP contribution in [0.2, 0.25) is 5.02 Å². The van der Waals surface area contributed by atoms with E-state index in [0.29, 0.717) is 54.6 Å². The maximum atomic E-state index is 12.9. The van der Waals surface area contributed by atoms with Crippen LogP contribution < -0.4 is 15.0 Å². The van der Waals surface area contributed by atoms with Gasteiger partial charge in [0.25, 0.3) is 5.91 Å². The van der Waals surface area contributed by atoms with Gasteiger partial charge in [0.2, 0.25) is 5.91 Å². The lowest BCUT2D eigenvalue weighted by atomic mass is 10.1. The molecule has 3 rings (SSSR count). The van der Waals surface area contributed by atoms with Gasteiger partial charge in [0, 0.05) is 43.2 Å². The monoisotopic (exact) mass is 443 g/mol. The van der Waals surface area contributed by atoms with Crippen molar-refractivity contribution < 1.29 is 14.3 Å². The molecule has 6 nitrogen and oxygen atoms in total. The van der Waals surface area contributed by atoms with Gasteiger partial charge < -0.3 is 19.9 Å². The molecule has 0 spiro atoms. The van der Waals surface area contributed by atoms with E-state index in [2.05, 4.69) is 10.2 Å². The van der Waals surface area contributed by atoms with Crippen LogP contribution in [0.25, 0.3) is 0 Å². The number of piperazine rings is 1. The largest absolute Gasteiger partial charge is 0.491 e. The fourth-order valence-corrected chi connectivity index (χ4v) is 3.80. The zero-order valence-electron chi connectivity index (χ0n) is 18.4. The molecule has 1 aliphatic heterocycles. The van der Waals surface area contributed by atoms with Crippen molar-refractivity contribution in [1.29, 1.82) is 0 Å². The van der Waals surface area contributed by atoms with Gasteiger partial charge in [0.15, 0.2) is 0 Å². The Labute approximate surface area is 189 Å². The lowest BCUT2D eigenvalue weighted by molar-refractivity contribution is -0.131. The summed E-state index contributed by atoms with van der Waals surface area (Å²) in [5.74, 6) is 0.631. The zero-order valence-corrected chi connectivity index (χ0v) is 19.1. The minimum Gasteiger partial charge on any atom is -0.491 e. The Kier molecular flexibility index (Phi) is 7.80. The normalized spacial score (nSPS) is 14.0. The summed E-state index contributed by atoms with van der Waals surface area (Å²) in [7, 11) is 0. The van der Waals surface area contributed by atoms with Crippen LogP contribution in [-0.2, 0) is 4.79 Å². The van der Waals surface area contributed by atoms with E-state index in [1.54, 1.807) is 24.3 Å². The number of amides is 2. The molecule has 0 unspecified atom stereocenters. The Hall–Kier alpha value is -2.73. The van der Waals surface area contributed by atoms with Crippen LogP contribution in [0.3, 0.4) is 0 Å². The number of ether oxygens (including phenoxy) is 1. The molecule has 1 heterocycles. The molecule has 0 saturated carbocycles. The molecule has 1 aliphatic rings. The Morgan fingerprint density at radius 2 is 1.84 bits per heavy atom. The van der Waals surface area contributed by atoms with Crippen molar-refractivity contribution in [3.05, 3.63) is 53.1 Å². The van der Waals surface area contributed by atoms with Crippen LogP contribution >= 0.6 is 11.6 Å². The van der Waals surface area contributed by atoms with Crippen LogP contribution in [0.4, 0.5) is 11.4 Å². The van der Waals surface area contributed by atoms with Gasteiger partial charge in [-0.2, -0.15) is 0 Å². The van der Waals surface area contributed by atoms with E-state index in [-0.39, 0.29) is 17.9 Å². The summed E-state index contributed by atoms with van der Waals surface area (Å²) in [6.45, 7) is 8.66. The molecule has 0 aliphatic carbocycles. The number of nitrogens with zero attached hydrogens (tertiary/aromatic N) is 2. The van der Waals surface area contributed by atoms with Crippen molar-refractivity contribution in [2.75, 3.05) is 36.4 Å². The first-order chi connectivity index (χ1) is 14.9. The number of hydrogen-bond acceptors (Lipinski definition) is 4. The van der Waals surface area contributed by atoms with Crippen LogP contribution in [0, 0.1) is 0 Å². The molecule has 1 saturated heterocycles. The lowest BCUT2D eigenvalue weighted by Crippen LogP contribution is -2.48. The summed E-state index contributed by atoms with van der Waals surface area (Å²) in [4.78, 5) is 29.2. The molecule has 2 amide bonds. The molecule has 0 aromatic heterocycles. The van der Waals surface area contributed by atoms with Crippen molar-refractivity contribution in [2.45, 2.75) is 39.7 Å². The summed E-state index contributed by atoms with van der Waals surface area (Å²) in [5, 5.41) is 3.55. The second-order valence-electron chi connectivity index (χ2n) is 7.93. The van der Waals surface area contributed by atoms with Crippen LogP contribution in [0.1, 0.15) is 44.0 Å². The maximum absolute atomic E-state index is 12.9. The average molecular weight is 444 g/mol. The van der Waals surface area contributed by atoms with Gasteiger partial charge in [-0.25, -0.2) is 0 Å². The zero-order chi connectivity index (χ0) is 22.4. The number of benzene rings is 2. The Morgan fingerprint density at radius 3 is 2.52 bits per heavy atom. The Balaban J connectivity index is 1.74. The highest BCUT2D eigenvalue weighted by atomic mass is 35.5. The smallest absolute Gasteiger partial charge is 0.255 e.